The van der Waals surface area contributed by atoms with Gasteiger partial charge in [-0.1, -0.05) is 0 Å². The molecule has 0 aliphatic carbocycles. The number of nitrogens with zero attached hydrogens (tertiary/aromatic N) is 3. The molecule has 4 rings (SSSR count). The topological polar surface area (TPSA) is 62.6 Å². The molecule has 0 aromatic carbocycles. The Hall–Kier alpha value is -1.82. The number of aromatic nitrogens is 3. The van der Waals surface area contributed by atoms with Crippen LogP contribution in [0.15, 0.2) is 18.5 Å². The fourth-order valence-electron chi connectivity index (χ4n) is 3.58. The second-order valence-corrected chi connectivity index (χ2v) is 5.87. The van der Waals surface area contributed by atoms with Crippen LogP contribution in [0.3, 0.4) is 0 Å². The molecule has 0 radical (unpaired) electrons. The Bertz CT molecular complexity index is 604. The van der Waals surface area contributed by atoms with Crippen molar-refractivity contribution < 1.29 is 9.53 Å². The number of aromatic amines is 1. The van der Waals surface area contributed by atoms with Crippen LogP contribution in [0.25, 0.3) is 5.65 Å². The largest absolute Gasteiger partial charge is 0.458 e. The molecule has 2 aromatic rings. The molecule has 2 fully saturated rings. The van der Waals surface area contributed by atoms with Gasteiger partial charge in [0, 0.05) is 43.4 Å². The zero-order valence-corrected chi connectivity index (χ0v) is 11.5. The number of fused-ring (bicyclic) bond motifs is 3. The summed E-state index contributed by atoms with van der Waals surface area (Å²) in [7, 11) is 2.18. The first-order valence-electron chi connectivity index (χ1n) is 7.15. The van der Waals surface area contributed by atoms with Crippen LogP contribution in [0.2, 0.25) is 0 Å². The van der Waals surface area contributed by atoms with E-state index in [1.165, 1.54) is 12.8 Å². The molecule has 4 heterocycles. The molecule has 2 bridgehead atoms. The van der Waals surface area contributed by atoms with E-state index in [4.69, 9.17) is 4.74 Å². The van der Waals surface area contributed by atoms with Crippen molar-refractivity contribution in [1.29, 1.82) is 0 Å². The van der Waals surface area contributed by atoms with Crippen molar-refractivity contribution in [2.45, 2.75) is 43.9 Å². The van der Waals surface area contributed by atoms with E-state index in [-0.39, 0.29) is 12.1 Å². The Balaban J connectivity index is 1.46. The molecule has 2 saturated heterocycles. The molecule has 6 nitrogen and oxygen atoms in total. The number of H-pyrrole nitrogens is 1. The quantitative estimate of drug-likeness (QED) is 0.842. The maximum atomic E-state index is 12.2. The Morgan fingerprint density at radius 2 is 2.15 bits per heavy atom. The minimum atomic E-state index is -0.274. The van der Waals surface area contributed by atoms with E-state index >= 15 is 0 Å². The lowest BCUT2D eigenvalue weighted by molar-refractivity contribution is -0.00101. The first-order chi connectivity index (χ1) is 9.70. The van der Waals surface area contributed by atoms with Crippen molar-refractivity contribution in [2.24, 2.45) is 0 Å². The fourth-order valence-corrected chi connectivity index (χ4v) is 3.58. The summed E-state index contributed by atoms with van der Waals surface area (Å²) in [5.41, 5.74) is 1.21. The number of piperidine rings is 1. The van der Waals surface area contributed by atoms with Crippen molar-refractivity contribution in [3.8, 4) is 0 Å². The molecule has 0 amide bonds. The number of carbonyl (C=O) groups is 1. The Kier molecular flexibility index (Phi) is 2.60. The first-order valence-corrected chi connectivity index (χ1v) is 7.15. The molecule has 1 unspecified atom stereocenters. The maximum absolute atomic E-state index is 12.2. The minimum absolute atomic E-state index is 0.0480. The number of rotatable bonds is 2. The maximum Gasteiger partial charge on any atom is 0.356 e. The van der Waals surface area contributed by atoms with Crippen molar-refractivity contribution in [2.75, 3.05) is 7.05 Å². The number of hydrogen-bond acceptors (Lipinski definition) is 4. The van der Waals surface area contributed by atoms with Crippen molar-refractivity contribution in [1.82, 2.24) is 19.5 Å². The van der Waals surface area contributed by atoms with Gasteiger partial charge in [-0.2, -0.15) is 0 Å². The summed E-state index contributed by atoms with van der Waals surface area (Å²) in [6.07, 6.45) is 7.88. The minimum Gasteiger partial charge on any atom is -0.458 e. The summed E-state index contributed by atoms with van der Waals surface area (Å²) in [6, 6.07) is 2.88. The lowest BCUT2D eigenvalue weighted by Gasteiger charge is -2.35. The average molecular weight is 274 g/mol. The van der Waals surface area contributed by atoms with Crippen LogP contribution in [-0.2, 0) is 4.74 Å². The van der Waals surface area contributed by atoms with Crippen LogP contribution >= 0.6 is 0 Å². The molecular weight excluding hydrogens is 256 g/mol. The lowest BCUT2D eigenvalue weighted by atomic mass is 10.0. The first kappa shape index (κ1) is 12.0. The van der Waals surface area contributed by atoms with Crippen LogP contribution in [0.1, 0.15) is 36.2 Å². The summed E-state index contributed by atoms with van der Waals surface area (Å²) in [5.74, 6) is -0.274. The summed E-state index contributed by atoms with van der Waals surface area (Å²) >= 11 is 0. The summed E-state index contributed by atoms with van der Waals surface area (Å²) < 4.78 is 7.38. The molecule has 0 saturated carbocycles. The van der Waals surface area contributed by atoms with Crippen molar-refractivity contribution >= 4 is 11.6 Å². The van der Waals surface area contributed by atoms with Crippen LogP contribution in [0.5, 0.6) is 0 Å². The van der Waals surface area contributed by atoms with Gasteiger partial charge in [-0.3, -0.25) is 5.10 Å². The standard InChI is InChI=1S/C14H18N4O2/c1-17-9-2-3-10(17)7-11(6-9)20-14(19)12-8-13-15-4-5-18(13)16-12/h4-5,8-11,16H,2-3,6-7H2,1H3/t9-,10+,11?. The van der Waals surface area contributed by atoms with Gasteiger partial charge >= 0.3 is 5.97 Å². The molecule has 20 heavy (non-hydrogen) atoms. The van der Waals surface area contributed by atoms with E-state index in [1.54, 1.807) is 23.0 Å². The Labute approximate surface area is 116 Å². The molecule has 0 spiro atoms. The molecule has 3 atom stereocenters. The third kappa shape index (κ3) is 1.83. The fraction of sp³-hybridized carbons (Fsp3) is 0.571. The van der Waals surface area contributed by atoms with Gasteiger partial charge < -0.3 is 9.64 Å². The number of nitrogens with one attached hydrogen (secondary N) is 1. The number of ether oxygens (including phenoxy) is 1. The van der Waals surface area contributed by atoms with Crippen molar-refractivity contribution in [3.63, 3.8) is 0 Å². The SMILES string of the molecule is CN1[C@@H]2CC[C@H]1CC(OC(=O)c1cc3nccn3[nH]1)C2. The van der Waals surface area contributed by atoms with Gasteiger partial charge in [0.25, 0.3) is 0 Å². The second kappa shape index (κ2) is 4.34. The van der Waals surface area contributed by atoms with Gasteiger partial charge in [0.05, 0.1) is 0 Å². The highest BCUT2D eigenvalue weighted by Gasteiger charge is 2.40. The van der Waals surface area contributed by atoms with Crippen LogP contribution < -0.4 is 0 Å². The van der Waals surface area contributed by atoms with Crippen molar-refractivity contribution in [3.05, 3.63) is 24.2 Å². The molecule has 106 valence electrons. The van der Waals surface area contributed by atoms with E-state index in [2.05, 4.69) is 22.0 Å². The highest BCUT2D eigenvalue weighted by molar-refractivity contribution is 5.88. The zero-order chi connectivity index (χ0) is 13.7. The summed E-state index contributed by atoms with van der Waals surface area (Å²) in [4.78, 5) is 18.8. The highest BCUT2D eigenvalue weighted by atomic mass is 16.5. The highest BCUT2D eigenvalue weighted by Crippen LogP contribution is 2.35. The molecule has 1 N–H and O–H groups in total. The van der Waals surface area contributed by atoms with Gasteiger partial charge in [-0.05, 0) is 19.9 Å². The van der Waals surface area contributed by atoms with Gasteiger partial charge in [0.1, 0.15) is 11.8 Å². The molecule has 2 aliphatic heterocycles. The average Bonchev–Trinajstić information content (AvgIpc) is 3.04. The van der Waals surface area contributed by atoms with E-state index in [1.807, 2.05) is 0 Å². The number of hydrogen-bond donors (Lipinski definition) is 1. The Morgan fingerprint density at radius 3 is 2.85 bits per heavy atom. The number of esters is 1. The van der Waals surface area contributed by atoms with Gasteiger partial charge in [0.15, 0.2) is 5.65 Å². The third-order valence-electron chi connectivity index (χ3n) is 4.73. The van der Waals surface area contributed by atoms with E-state index in [0.717, 1.165) is 18.5 Å². The monoisotopic (exact) mass is 274 g/mol. The Morgan fingerprint density at radius 1 is 1.40 bits per heavy atom. The zero-order valence-electron chi connectivity index (χ0n) is 11.5. The summed E-state index contributed by atoms with van der Waals surface area (Å²) in [6.45, 7) is 0. The molecular formula is C14H18N4O2. The molecule has 2 aliphatic rings. The normalized spacial score (nSPS) is 29.9. The predicted molar refractivity (Wildman–Crippen MR) is 72.6 cm³/mol. The van der Waals surface area contributed by atoms with Gasteiger partial charge in [-0.25, -0.2) is 14.3 Å². The van der Waals surface area contributed by atoms with E-state index in [0.29, 0.717) is 17.8 Å². The van der Waals surface area contributed by atoms with Crippen LogP contribution in [-0.4, -0.2) is 50.7 Å². The number of imidazole rings is 1. The molecule has 2 aromatic heterocycles. The third-order valence-corrected chi connectivity index (χ3v) is 4.73. The smallest absolute Gasteiger partial charge is 0.356 e. The van der Waals surface area contributed by atoms with Gasteiger partial charge in [-0.15, -0.1) is 0 Å². The van der Waals surface area contributed by atoms with Crippen LogP contribution in [0.4, 0.5) is 0 Å². The van der Waals surface area contributed by atoms with E-state index in [9.17, 15) is 4.79 Å². The second-order valence-electron chi connectivity index (χ2n) is 5.87. The van der Waals surface area contributed by atoms with Crippen LogP contribution in [0, 0.1) is 0 Å². The molecule has 6 heteroatoms. The van der Waals surface area contributed by atoms with E-state index < -0.39 is 0 Å². The lowest BCUT2D eigenvalue weighted by Crippen LogP contribution is -2.43. The number of carbonyl (C=O) groups excluding carboxylic acids is 1. The predicted octanol–water partition coefficient (Wildman–Crippen LogP) is 1.44. The summed E-state index contributed by atoms with van der Waals surface area (Å²) in [5, 5.41) is 2.98. The van der Waals surface area contributed by atoms with Gasteiger partial charge in [0.2, 0.25) is 0 Å².